The Morgan fingerprint density at radius 3 is 2.73 bits per heavy atom. The summed E-state index contributed by atoms with van der Waals surface area (Å²) in [6.45, 7) is 1.40. The van der Waals surface area contributed by atoms with Crippen LogP contribution in [0.4, 0.5) is 0 Å². The van der Waals surface area contributed by atoms with Crippen molar-refractivity contribution in [1.82, 2.24) is 11.5 Å². The number of aliphatic carboxylic acids is 1. The van der Waals surface area contributed by atoms with Crippen LogP contribution in [0.5, 0.6) is 0 Å². The van der Waals surface area contributed by atoms with E-state index in [4.69, 9.17) is 9.84 Å². The van der Waals surface area contributed by atoms with Crippen molar-refractivity contribution in [3.05, 3.63) is 0 Å². The second-order valence-corrected chi connectivity index (χ2v) is 1.92. The van der Waals surface area contributed by atoms with Gasteiger partial charge in [0.15, 0.2) is 0 Å². The topological polar surface area (TPSA) is 93.6 Å². The second-order valence-electron chi connectivity index (χ2n) is 1.92. The molecule has 0 spiro atoms. The molecule has 0 aromatic rings. The van der Waals surface area contributed by atoms with Gasteiger partial charge < -0.3 is 21.3 Å². The van der Waals surface area contributed by atoms with Crippen molar-refractivity contribution < 1.29 is 14.6 Å². The van der Waals surface area contributed by atoms with Crippen molar-refractivity contribution in [2.75, 3.05) is 26.8 Å². The maximum absolute atomic E-state index is 9.94. The number of carboxylic acid groups (broad SMARTS) is 1. The minimum atomic E-state index is -0.822. The first-order chi connectivity index (χ1) is 4.77. The van der Waals surface area contributed by atoms with E-state index >= 15 is 0 Å². The number of ether oxygens (including phenoxy) is 1. The lowest BCUT2D eigenvalue weighted by Gasteiger charge is -1.99. The van der Waals surface area contributed by atoms with Gasteiger partial charge in [0.2, 0.25) is 0 Å². The largest absolute Gasteiger partial charge is 0.480 e. The van der Waals surface area contributed by atoms with E-state index in [9.17, 15) is 4.79 Å². The van der Waals surface area contributed by atoms with Gasteiger partial charge in [-0.15, -0.1) is 0 Å². The lowest BCUT2D eigenvalue weighted by Crippen LogP contribution is -2.24. The summed E-state index contributed by atoms with van der Waals surface area (Å²) in [6.07, 6.45) is 0.851. The van der Waals surface area contributed by atoms with Gasteiger partial charge in [0, 0.05) is 13.7 Å². The van der Waals surface area contributed by atoms with Gasteiger partial charge in [-0.3, -0.25) is 4.79 Å². The number of nitrogens with one attached hydrogen (secondary N) is 1. The molecule has 5 nitrogen and oxygen atoms in total. The van der Waals surface area contributed by atoms with E-state index in [-0.39, 0.29) is 12.7 Å². The first-order valence-corrected chi connectivity index (χ1v) is 3.19. The van der Waals surface area contributed by atoms with Crippen molar-refractivity contribution in [2.24, 2.45) is 0 Å². The number of methoxy groups -OCH3 is 1. The normalized spacial score (nSPS) is 8.82. The fourth-order valence-electron chi connectivity index (χ4n) is 0.537. The lowest BCUT2D eigenvalue weighted by molar-refractivity contribution is -0.135. The summed E-state index contributed by atoms with van der Waals surface area (Å²) in [4.78, 5) is 9.94. The van der Waals surface area contributed by atoms with Gasteiger partial charge in [-0.2, -0.15) is 0 Å². The predicted molar refractivity (Wildman–Crippen MR) is 42.0 cm³/mol. The van der Waals surface area contributed by atoms with E-state index in [0.29, 0.717) is 13.2 Å². The fourth-order valence-corrected chi connectivity index (χ4v) is 0.537. The SMILES string of the molecule is COCCCNCC(=O)O.N. The van der Waals surface area contributed by atoms with Gasteiger partial charge >= 0.3 is 5.97 Å². The Kier molecular flexibility index (Phi) is 11.0. The molecule has 11 heavy (non-hydrogen) atoms. The molecule has 0 amide bonds. The van der Waals surface area contributed by atoms with E-state index in [2.05, 4.69) is 5.32 Å². The Labute approximate surface area is 66.3 Å². The van der Waals surface area contributed by atoms with Crippen LogP contribution in [0.2, 0.25) is 0 Å². The first-order valence-electron chi connectivity index (χ1n) is 3.19. The van der Waals surface area contributed by atoms with E-state index < -0.39 is 5.97 Å². The summed E-state index contributed by atoms with van der Waals surface area (Å²) < 4.78 is 4.76. The Balaban J connectivity index is 0. The Morgan fingerprint density at radius 2 is 2.27 bits per heavy atom. The van der Waals surface area contributed by atoms with E-state index in [1.807, 2.05) is 0 Å². The molecule has 0 saturated heterocycles. The number of carboxylic acids is 1. The molecule has 0 aromatic heterocycles. The molecule has 0 radical (unpaired) electrons. The molecule has 0 unspecified atom stereocenters. The molecule has 0 aromatic carbocycles. The average Bonchev–Trinajstić information content (AvgIpc) is 1.87. The summed E-state index contributed by atoms with van der Waals surface area (Å²) in [7, 11) is 1.62. The third-order valence-corrected chi connectivity index (χ3v) is 0.978. The van der Waals surface area contributed by atoms with Crippen molar-refractivity contribution in [3.63, 3.8) is 0 Å². The van der Waals surface area contributed by atoms with Crippen LogP contribution in [0.15, 0.2) is 0 Å². The standard InChI is InChI=1S/C6H13NO3.H3N/c1-10-4-2-3-7-5-6(8)9;/h7H,2-5H2,1H3,(H,8,9);1H3. The Morgan fingerprint density at radius 1 is 1.64 bits per heavy atom. The third-order valence-electron chi connectivity index (χ3n) is 0.978. The molecule has 0 bridgehead atoms. The predicted octanol–water partition coefficient (Wildman–Crippen LogP) is -0.141. The van der Waals surface area contributed by atoms with Crippen LogP contribution in [0.25, 0.3) is 0 Å². The molecular weight excluding hydrogens is 148 g/mol. The van der Waals surface area contributed by atoms with Gasteiger partial charge in [-0.1, -0.05) is 0 Å². The highest BCUT2D eigenvalue weighted by Gasteiger charge is 1.92. The fraction of sp³-hybridized carbons (Fsp3) is 0.833. The maximum Gasteiger partial charge on any atom is 0.317 e. The van der Waals surface area contributed by atoms with Crippen molar-refractivity contribution in [1.29, 1.82) is 0 Å². The number of hydrogen-bond donors (Lipinski definition) is 3. The van der Waals surface area contributed by atoms with Crippen LogP contribution in [-0.4, -0.2) is 37.9 Å². The number of hydrogen-bond acceptors (Lipinski definition) is 4. The van der Waals surface area contributed by atoms with Crippen LogP contribution < -0.4 is 11.5 Å². The van der Waals surface area contributed by atoms with Gasteiger partial charge in [0.1, 0.15) is 0 Å². The zero-order valence-corrected chi connectivity index (χ0v) is 6.80. The van der Waals surface area contributed by atoms with E-state index in [1.165, 1.54) is 0 Å². The molecule has 0 atom stereocenters. The molecule has 0 fully saturated rings. The molecule has 0 saturated carbocycles. The lowest BCUT2D eigenvalue weighted by atomic mass is 10.4. The highest BCUT2D eigenvalue weighted by Crippen LogP contribution is 1.75. The van der Waals surface area contributed by atoms with Gasteiger partial charge in [-0.25, -0.2) is 0 Å². The summed E-state index contributed by atoms with van der Waals surface area (Å²) in [5.74, 6) is -0.822. The van der Waals surface area contributed by atoms with E-state index in [1.54, 1.807) is 7.11 Å². The Bertz CT molecular complexity index is 97.8. The zero-order valence-electron chi connectivity index (χ0n) is 6.80. The highest BCUT2D eigenvalue weighted by molar-refractivity contribution is 5.68. The minimum Gasteiger partial charge on any atom is -0.480 e. The van der Waals surface area contributed by atoms with Crippen LogP contribution in [-0.2, 0) is 9.53 Å². The summed E-state index contributed by atoms with van der Waals surface area (Å²) >= 11 is 0. The molecule has 5 N–H and O–H groups in total. The highest BCUT2D eigenvalue weighted by atomic mass is 16.5. The summed E-state index contributed by atoms with van der Waals surface area (Å²) in [5.41, 5.74) is 0. The van der Waals surface area contributed by atoms with Crippen molar-refractivity contribution in [3.8, 4) is 0 Å². The van der Waals surface area contributed by atoms with Gasteiger partial charge in [0.05, 0.1) is 6.54 Å². The average molecular weight is 164 g/mol. The Hall–Kier alpha value is -0.650. The molecule has 0 rings (SSSR count). The van der Waals surface area contributed by atoms with Crippen LogP contribution >= 0.6 is 0 Å². The second kappa shape index (κ2) is 9.35. The zero-order chi connectivity index (χ0) is 7.82. The minimum absolute atomic E-state index is 0. The van der Waals surface area contributed by atoms with E-state index in [0.717, 1.165) is 6.42 Å². The van der Waals surface area contributed by atoms with Gasteiger partial charge in [0.25, 0.3) is 0 Å². The summed E-state index contributed by atoms with van der Waals surface area (Å²) in [6, 6.07) is 0. The van der Waals surface area contributed by atoms with Crippen molar-refractivity contribution >= 4 is 5.97 Å². The van der Waals surface area contributed by atoms with Crippen LogP contribution in [0.1, 0.15) is 6.42 Å². The van der Waals surface area contributed by atoms with Crippen molar-refractivity contribution in [2.45, 2.75) is 6.42 Å². The van der Waals surface area contributed by atoms with Crippen LogP contribution in [0, 0.1) is 0 Å². The monoisotopic (exact) mass is 164 g/mol. The smallest absolute Gasteiger partial charge is 0.317 e. The third kappa shape index (κ3) is 12.5. The van der Waals surface area contributed by atoms with Gasteiger partial charge in [-0.05, 0) is 13.0 Å². The quantitative estimate of drug-likeness (QED) is 0.475. The molecule has 68 valence electrons. The first kappa shape index (κ1) is 13.0. The molecule has 5 heteroatoms. The molecular formula is C6H16N2O3. The number of rotatable bonds is 6. The van der Waals surface area contributed by atoms with Crippen LogP contribution in [0.3, 0.4) is 0 Å². The molecule has 0 aliphatic carbocycles. The summed E-state index contributed by atoms with van der Waals surface area (Å²) in [5, 5.41) is 10.9. The maximum atomic E-state index is 9.94. The molecule has 0 heterocycles. The number of carbonyl (C=O) groups is 1. The molecule has 0 aliphatic rings. The molecule has 0 aliphatic heterocycles.